The fraction of sp³-hybridized carbons (Fsp3) is 0.409. The third-order valence-electron chi connectivity index (χ3n) is 6.51. The van der Waals surface area contributed by atoms with Crippen LogP contribution in [0.1, 0.15) is 39.9 Å². The lowest BCUT2D eigenvalue weighted by Gasteiger charge is -2.18. The molecule has 1 amide bonds. The third kappa shape index (κ3) is 3.09. The molecule has 5 rings (SSSR count). The molecule has 1 heterocycles. The lowest BCUT2D eigenvalue weighted by atomic mass is 9.98. The summed E-state index contributed by atoms with van der Waals surface area (Å²) in [6.45, 7) is -0.0353. The van der Waals surface area contributed by atoms with Gasteiger partial charge in [0, 0.05) is 35.7 Å². The standard InChI is InChI=1S/C22H19F5N2O/c23-21(24)18-8-13(9-19(18)21)28-10-12-6-15-16(17(7-12)22(25,26)27)11-29(20(15)30)14-4-2-1-3-5-14/h1-7,13,18-19,28H,8-11H2. The van der Waals surface area contributed by atoms with Crippen LogP contribution in [0.15, 0.2) is 42.5 Å². The van der Waals surface area contributed by atoms with Gasteiger partial charge >= 0.3 is 6.18 Å². The van der Waals surface area contributed by atoms with Crippen molar-refractivity contribution in [1.29, 1.82) is 0 Å². The normalized spacial score (nSPS) is 26.6. The van der Waals surface area contributed by atoms with Gasteiger partial charge in [0.05, 0.1) is 12.1 Å². The summed E-state index contributed by atoms with van der Waals surface area (Å²) in [7, 11) is 0. The highest BCUT2D eigenvalue weighted by molar-refractivity contribution is 6.10. The van der Waals surface area contributed by atoms with Crippen molar-refractivity contribution in [3.05, 3.63) is 64.7 Å². The highest BCUT2D eigenvalue weighted by Crippen LogP contribution is 2.64. The number of benzene rings is 2. The number of anilines is 1. The molecule has 0 bridgehead atoms. The van der Waals surface area contributed by atoms with E-state index in [9.17, 15) is 26.7 Å². The molecular formula is C22H19F5N2O. The first kappa shape index (κ1) is 19.5. The van der Waals surface area contributed by atoms with Crippen molar-refractivity contribution in [3.63, 3.8) is 0 Å². The quantitative estimate of drug-likeness (QED) is 0.704. The van der Waals surface area contributed by atoms with Crippen LogP contribution in [-0.2, 0) is 19.3 Å². The number of carbonyl (C=O) groups is 1. The van der Waals surface area contributed by atoms with Crippen LogP contribution < -0.4 is 10.2 Å². The number of fused-ring (bicyclic) bond motifs is 2. The van der Waals surface area contributed by atoms with Crippen LogP contribution >= 0.6 is 0 Å². The number of carbonyl (C=O) groups excluding carboxylic acids is 1. The van der Waals surface area contributed by atoms with Crippen molar-refractivity contribution in [3.8, 4) is 0 Å². The molecule has 30 heavy (non-hydrogen) atoms. The van der Waals surface area contributed by atoms with E-state index in [1.54, 1.807) is 30.3 Å². The number of hydrogen-bond donors (Lipinski definition) is 1. The molecule has 1 aliphatic heterocycles. The van der Waals surface area contributed by atoms with Gasteiger partial charge in [0.15, 0.2) is 0 Å². The second-order valence-corrected chi connectivity index (χ2v) is 8.33. The highest BCUT2D eigenvalue weighted by Gasteiger charge is 2.71. The number of hydrogen-bond acceptors (Lipinski definition) is 2. The second-order valence-electron chi connectivity index (χ2n) is 8.33. The van der Waals surface area contributed by atoms with Crippen molar-refractivity contribution < 1.29 is 26.7 Å². The van der Waals surface area contributed by atoms with Crippen molar-refractivity contribution >= 4 is 11.6 Å². The molecule has 2 atom stereocenters. The molecule has 3 nitrogen and oxygen atoms in total. The van der Waals surface area contributed by atoms with Crippen molar-refractivity contribution in [2.24, 2.45) is 11.8 Å². The number of alkyl halides is 5. The number of amides is 1. The number of halogens is 5. The van der Waals surface area contributed by atoms with Gasteiger partial charge in [-0.05, 0) is 48.2 Å². The van der Waals surface area contributed by atoms with Gasteiger partial charge in [0.1, 0.15) is 0 Å². The molecule has 0 radical (unpaired) electrons. The van der Waals surface area contributed by atoms with Crippen LogP contribution in [0.3, 0.4) is 0 Å². The van der Waals surface area contributed by atoms with Gasteiger partial charge in [0.2, 0.25) is 0 Å². The molecule has 0 saturated heterocycles. The minimum Gasteiger partial charge on any atom is -0.310 e. The van der Waals surface area contributed by atoms with Crippen molar-refractivity contribution in [2.45, 2.75) is 44.1 Å². The Labute approximate surface area is 169 Å². The first-order valence-corrected chi connectivity index (χ1v) is 9.87. The Bertz CT molecular complexity index is 991. The molecule has 2 fully saturated rings. The van der Waals surface area contributed by atoms with E-state index in [1.807, 2.05) is 0 Å². The molecule has 8 heteroatoms. The maximum absolute atomic E-state index is 13.7. The molecule has 0 spiro atoms. The SMILES string of the molecule is O=C1c2cc(CNC3CC4C(C3)C4(F)F)cc(C(F)(F)F)c2CN1c1ccccc1. The first-order valence-electron chi connectivity index (χ1n) is 9.87. The fourth-order valence-electron chi connectivity index (χ4n) is 4.88. The van der Waals surface area contributed by atoms with E-state index in [2.05, 4.69) is 5.32 Å². The average molecular weight is 422 g/mol. The van der Waals surface area contributed by atoms with Crippen LogP contribution in [0, 0.1) is 11.8 Å². The first-order chi connectivity index (χ1) is 14.2. The van der Waals surface area contributed by atoms with E-state index in [-0.39, 0.29) is 30.3 Å². The summed E-state index contributed by atoms with van der Waals surface area (Å²) in [6, 6.07) is 11.0. The van der Waals surface area contributed by atoms with Gasteiger partial charge < -0.3 is 10.2 Å². The number of para-hydroxylation sites is 1. The topological polar surface area (TPSA) is 32.3 Å². The Morgan fingerprint density at radius 3 is 2.37 bits per heavy atom. The molecular weight excluding hydrogens is 403 g/mol. The zero-order valence-corrected chi connectivity index (χ0v) is 15.8. The van der Waals surface area contributed by atoms with E-state index in [0.29, 0.717) is 24.1 Å². The summed E-state index contributed by atoms with van der Waals surface area (Å²) in [5.74, 6) is -4.27. The van der Waals surface area contributed by atoms with E-state index in [4.69, 9.17) is 0 Å². The monoisotopic (exact) mass is 422 g/mol. The van der Waals surface area contributed by atoms with Gasteiger partial charge in [0.25, 0.3) is 11.8 Å². The van der Waals surface area contributed by atoms with Crippen LogP contribution in [0.5, 0.6) is 0 Å². The molecule has 1 N–H and O–H groups in total. The Morgan fingerprint density at radius 1 is 1.07 bits per heavy atom. The van der Waals surface area contributed by atoms with Gasteiger partial charge in [-0.2, -0.15) is 13.2 Å². The molecule has 2 saturated carbocycles. The maximum Gasteiger partial charge on any atom is 0.416 e. The summed E-state index contributed by atoms with van der Waals surface area (Å²) in [4.78, 5) is 14.2. The van der Waals surface area contributed by atoms with E-state index >= 15 is 0 Å². The zero-order valence-electron chi connectivity index (χ0n) is 15.8. The van der Waals surface area contributed by atoms with Gasteiger partial charge in [-0.3, -0.25) is 4.79 Å². The lowest BCUT2D eigenvalue weighted by Crippen LogP contribution is -2.29. The Balaban J connectivity index is 1.39. The Hall–Kier alpha value is -2.48. The molecule has 3 aliphatic rings. The maximum atomic E-state index is 13.7. The van der Waals surface area contributed by atoms with Crippen molar-refractivity contribution in [1.82, 2.24) is 5.32 Å². The van der Waals surface area contributed by atoms with Gasteiger partial charge in [-0.15, -0.1) is 0 Å². The molecule has 158 valence electrons. The van der Waals surface area contributed by atoms with Gasteiger partial charge in [-0.25, -0.2) is 8.78 Å². The summed E-state index contributed by atoms with van der Waals surface area (Å²) in [5.41, 5.74) is 0.0757. The lowest BCUT2D eigenvalue weighted by molar-refractivity contribution is -0.138. The van der Waals surface area contributed by atoms with Crippen molar-refractivity contribution in [2.75, 3.05) is 4.90 Å². The van der Waals surface area contributed by atoms with Crippen LogP contribution in [0.4, 0.5) is 27.6 Å². The minimum atomic E-state index is -4.59. The minimum absolute atomic E-state index is 0.0261. The Kier molecular flexibility index (Phi) is 4.23. The zero-order chi connectivity index (χ0) is 21.3. The van der Waals surface area contributed by atoms with Crippen LogP contribution in [0.25, 0.3) is 0 Å². The smallest absolute Gasteiger partial charge is 0.310 e. The van der Waals surface area contributed by atoms with E-state index in [1.165, 1.54) is 11.0 Å². The number of nitrogens with zero attached hydrogens (tertiary/aromatic N) is 1. The molecule has 2 aliphatic carbocycles. The average Bonchev–Trinajstić information content (AvgIpc) is 3.07. The third-order valence-corrected chi connectivity index (χ3v) is 6.51. The summed E-state index contributed by atoms with van der Waals surface area (Å²) in [5, 5.41) is 3.10. The summed E-state index contributed by atoms with van der Waals surface area (Å²) < 4.78 is 67.9. The largest absolute Gasteiger partial charge is 0.416 e. The van der Waals surface area contributed by atoms with Crippen LogP contribution in [0.2, 0.25) is 0 Å². The molecule has 0 aromatic heterocycles. The second kappa shape index (κ2) is 6.51. The highest BCUT2D eigenvalue weighted by atomic mass is 19.4. The predicted octanol–water partition coefficient (Wildman–Crippen LogP) is 5.00. The summed E-state index contributed by atoms with van der Waals surface area (Å²) in [6.07, 6.45) is -3.94. The Morgan fingerprint density at radius 2 is 1.73 bits per heavy atom. The summed E-state index contributed by atoms with van der Waals surface area (Å²) >= 11 is 0. The van der Waals surface area contributed by atoms with E-state index in [0.717, 1.165) is 6.07 Å². The molecule has 2 aromatic carbocycles. The fourth-order valence-corrected chi connectivity index (χ4v) is 4.88. The number of nitrogens with one attached hydrogen (secondary N) is 1. The van der Waals surface area contributed by atoms with Crippen LogP contribution in [-0.4, -0.2) is 17.9 Å². The molecule has 2 unspecified atom stereocenters. The van der Waals surface area contributed by atoms with Gasteiger partial charge in [-0.1, -0.05) is 18.2 Å². The number of rotatable bonds is 4. The molecule has 2 aromatic rings. The predicted molar refractivity (Wildman–Crippen MR) is 100 cm³/mol. The van der Waals surface area contributed by atoms with E-state index < -0.39 is 35.4 Å².